The molecule has 0 saturated heterocycles. The van der Waals surface area contributed by atoms with E-state index < -0.39 is 0 Å². The van der Waals surface area contributed by atoms with Crippen LogP contribution in [0.2, 0.25) is 0 Å². The third-order valence-corrected chi connectivity index (χ3v) is 27.1. The summed E-state index contributed by atoms with van der Waals surface area (Å²) in [5, 5.41) is 23.4. The smallest absolute Gasteiger partial charge is 0.240 e. The number of benzene rings is 17. The molecule has 0 amide bonds. The van der Waals surface area contributed by atoms with Crippen LogP contribution in [0, 0.1) is 0 Å². The zero-order valence-corrected chi connectivity index (χ0v) is 65.9. The minimum Gasteiger partial charge on any atom is -0.437 e. The third-order valence-electron chi connectivity index (χ3n) is 26.0. The largest absolute Gasteiger partial charge is 0.437 e. The Labute approximate surface area is 696 Å². The molecule has 0 fully saturated rings. The van der Waals surface area contributed by atoms with E-state index in [-0.39, 0.29) is 0 Å². The van der Waals surface area contributed by atoms with Gasteiger partial charge in [-0.05, 0) is 118 Å². The molecule has 0 spiro atoms. The number of furan rings is 1. The fraction of sp³-hybridized carbons (Fsp3) is 0. The zero-order chi connectivity index (χ0) is 79.3. The van der Waals surface area contributed by atoms with Crippen molar-refractivity contribution in [3.8, 4) is 56.9 Å². The Morgan fingerprint density at radius 3 is 1.02 bits per heavy atom. The second kappa shape index (κ2) is 24.7. The van der Waals surface area contributed by atoms with Gasteiger partial charge in [0.2, 0.25) is 17.6 Å². The molecule has 17 aromatic carbocycles. The average molecular weight is 1570 g/mol. The summed E-state index contributed by atoms with van der Waals surface area (Å²) in [6.07, 6.45) is 0. The van der Waals surface area contributed by atoms with Crippen LogP contribution < -0.4 is 0 Å². The Hall–Kier alpha value is -16.3. The minimum atomic E-state index is 0.547. The third kappa shape index (κ3) is 8.95. The molecule has 0 radical (unpaired) electrons. The van der Waals surface area contributed by atoms with Crippen molar-refractivity contribution >= 4 is 217 Å². The maximum atomic E-state index is 6.69. The van der Waals surface area contributed by atoms with Crippen molar-refractivity contribution in [2.24, 2.45) is 0 Å². The van der Waals surface area contributed by atoms with Crippen LogP contribution in [0.25, 0.3) is 263 Å². The predicted octanol–water partition coefficient (Wildman–Crippen LogP) is 28.9. The number of hydrogen-bond donors (Lipinski definition) is 0. The maximum absolute atomic E-state index is 6.69. The van der Waals surface area contributed by atoms with Gasteiger partial charge in [-0.25, -0.2) is 4.98 Å². The van der Waals surface area contributed by atoms with Gasteiger partial charge in [0.15, 0.2) is 11.6 Å². The molecule has 0 aliphatic carbocycles. The molecular formula is C110H62N10OS. The van der Waals surface area contributed by atoms with E-state index in [9.17, 15) is 0 Å². The standard InChI is InChI=1S/C58H33N5O.C52H29N5S/c1-2-14-34(15-3-1)35-26-28-36(29-27-35)37-30-31-40-44-33-50-52(53-42-19-7-11-23-47(42)61(55(44)53)49(40)32-37)41-18-6-12-24-48(41)63(50)58-59-56(54-43-20-8-13-25-51(43)64-57(54)60-58)62-45-21-9-4-16-38(45)39-17-5-10-22-46(39)62;1-2-14-30(15-3-1)31-26-27-34-38-29-44-46(47-36-19-7-11-23-41(36)55(49(38)47)43(34)28-31)35-18-6-12-24-42(35)57(44)52-53-50(48-37-20-8-13-25-45(37)58-51(48)54-52)56-39-21-9-4-16-32(39)33-17-5-10-22-40(33)56/h1-33H;1-29H. The van der Waals surface area contributed by atoms with Gasteiger partial charge in [0, 0.05) is 102 Å². The molecule has 29 rings (SSSR count). The van der Waals surface area contributed by atoms with Crippen LogP contribution in [0.5, 0.6) is 0 Å². The topological polar surface area (TPSA) is 93.2 Å². The van der Waals surface area contributed by atoms with Crippen LogP contribution >= 0.6 is 11.3 Å². The Kier molecular flexibility index (Phi) is 13.3. The lowest BCUT2D eigenvalue weighted by molar-refractivity contribution is 0.650. The molecule has 12 aromatic heterocycles. The van der Waals surface area contributed by atoms with Crippen molar-refractivity contribution in [3.05, 3.63) is 376 Å². The summed E-state index contributed by atoms with van der Waals surface area (Å²) in [6, 6.07) is 135. The first-order chi connectivity index (χ1) is 60.6. The predicted molar refractivity (Wildman–Crippen MR) is 507 cm³/mol. The molecule has 0 bridgehead atoms. The van der Waals surface area contributed by atoms with Crippen LogP contribution in [0.15, 0.2) is 381 Å². The van der Waals surface area contributed by atoms with Gasteiger partial charge in [-0.2, -0.15) is 15.0 Å². The second-order valence-corrected chi connectivity index (χ2v) is 33.3. The van der Waals surface area contributed by atoms with E-state index in [0.29, 0.717) is 17.6 Å². The van der Waals surface area contributed by atoms with Crippen molar-refractivity contribution in [2.75, 3.05) is 0 Å². The van der Waals surface area contributed by atoms with Gasteiger partial charge < -0.3 is 13.2 Å². The van der Waals surface area contributed by atoms with Crippen LogP contribution in [0.4, 0.5) is 0 Å². The number of para-hydroxylation sites is 9. The first-order valence-electron chi connectivity index (χ1n) is 41.4. The van der Waals surface area contributed by atoms with Crippen LogP contribution in [0.1, 0.15) is 0 Å². The van der Waals surface area contributed by atoms with Crippen LogP contribution in [0.3, 0.4) is 0 Å². The number of rotatable bonds is 7. The number of thiophene rings is 1. The first-order valence-corrected chi connectivity index (χ1v) is 42.2. The molecule has 0 N–H and O–H groups in total. The molecule has 0 aliphatic rings. The Bertz CT molecular complexity index is 9440. The lowest BCUT2D eigenvalue weighted by Gasteiger charge is -2.13. The van der Waals surface area contributed by atoms with Gasteiger partial charge in [-0.3, -0.25) is 18.3 Å². The van der Waals surface area contributed by atoms with E-state index in [2.05, 4.69) is 391 Å². The molecule has 12 heterocycles. The van der Waals surface area contributed by atoms with Crippen molar-refractivity contribution in [2.45, 2.75) is 0 Å². The van der Waals surface area contributed by atoms with E-state index >= 15 is 0 Å². The van der Waals surface area contributed by atoms with E-state index in [1.807, 2.05) is 12.1 Å². The molecule has 11 nitrogen and oxygen atoms in total. The second-order valence-electron chi connectivity index (χ2n) is 32.3. The fourth-order valence-electron chi connectivity index (χ4n) is 20.9. The van der Waals surface area contributed by atoms with Gasteiger partial charge in [0.25, 0.3) is 0 Å². The summed E-state index contributed by atoms with van der Waals surface area (Å²) in [7, 11) is 0. The van der Waals surface area contributed by atoms with Crippen molar-refractivity contribution < 1.29 is 4.42 Å². The quantitative estimate of drug-likeness (QED) is 0.158. The molecular weight excluding hydrogens is 1510 g/mol. The summed E-state index contributed by atoms with van der Waals surface area (Å²) < 4.78 is 22.1. The molecule has 0 aliphatic heterocycles. The number of nitrogens with zero attached hydrogens (tertiary/aromatic N) is 10. The van der Waals surface area contributed by atoms with Crippen molar-refractivity contribution in [3.63, 3.8) is 0 Å². The molecule has 12 heteroatoms. The lowest BCUT2D eigenvalue weighted by atomic mass is 9.98. The van der Waals surface area contributed by atoms with E-state index in [1.54, 1.807) is 11.3 Å². The Morgan fingerprint density at radius 1 is 0.205 bits per heavy atom. The summed E-state index contributed by atoms with van der Waals surface area (Å²) in [5.74, 6) is 2.89. The van der Waals surface area contributed by atoms with E-state index in [0.717, 1.165) is 87.7 Å². The Balaban J connectivity index is 0.000000126. The SMILES string of the molecule is c1ccc(-c2ccc(-c3ccc4c5cc6c(c7ccccc7n6-c6nc(-n7c8ccccc8c8ccccc87)c7c(n6)oc6ccccc67)c6c7ccccc7n(c4c3)c56)cc2)cc1.c1ccc(-c2ccc3c4cc5c(c6ccccc6n5-c5nc(-n6c7ccccc7c7ccccc76)c6c(n5)sc5ccccc56)c5c6ccccc6n(c3c2)c45)cc1. The summed E-state index contributed by atoms with van der Waals surface area (Å²) >= 11 is 1.74. The molecule has 29 aromatic rings. The van der Waals surface area contributed by atoms with Gasteiger partial charge >= 0.3 is 0 Å². The van der Waals surface area contributed by atoms with E-state index in [4.69, 9.17) is 24.4 Å². The van der Waals surface area contributed by atoms with Crippen LogP contribution in [-0.2, 0) is 0 Å². The molecule has 564 valence electrons. The van der Waals surface area contributed by atoms with Gasteiger partial charge in [0.05, 0.1) is 88.0 Å². The fourth-order valence-corrected chi connectivity index (χ4v) is 22.0. The highest BCUT2D eigenvalue weighted by Gasteiger charge is 2.31. The highest BCUT2D eigenvalue weighted by molar-refractivity contribution is 7.25. The highest BCUT2D eigenvalue weighted by Crippen LogP contribution is 2.52. The highest BCUT2D eigenvalue weighted by atomic mass is 32.1. The normalized spacial score (nSPS) is 12.4. The number of aromatic nitrogens is 10. The van der Waals surface area contributed by atoms with Gasteiger partial charge in [-0.1, -0.05) is 291 Å². The zero-order valence-electron chi connectivity index (χ0n) is 65.1. The number of fused-ring (bicyclic) bond motifs is 32. The van der Waals surface area contributed by atoms with Gasteiger partial charge in [-0.15, -0.1) is 11.3 Å². The first kappa shape index (κ1) is 65.8. The Morgan fingerprint density at radius 2 is 0.541 bits per heavy atom. The summed E-state index contributed by atoms with van der Waals surface area (Å²) in [5.41, 5.74) is 24.5. The molecule has 0 saturated carbocycles. The number of hydrogen-bond acceptors (Lipinski definition) is 6. The lowest BCUT2D eigenvalue weighted by Crippen LogP contribution is -2.06. The molecule has 0 atom stereocenters. The molecule has 0 unspecified atom stereocenters. The van der Waals surface area contributed by atoms with Crippen molar-refractivity contribution in [1.29, 1.82) is 0 Å². The van der Waals surface area contributed by atoms with Crippen molar-refractivity contribution in [1.82, 2.24) is 47.0 Å². The summed E-state index contributed by atoms with van der Waals surface area (Å²) in [4.78, 5) is 23.2. The summed E-state index contributed by atoms with van der Waals surface area (Å²) in [6.45, 7) is 0. The average Bonchev–Trinajstić information content (AvgIpc) is 1.52. The maximum Gasteiger partial charge on any atom is 0.240 e. The monoisotopic (exact) mass is 1570 g/mol. The molecule has 122 heavy (non-hydrogen) atoms. The van der Waals surface area contributed by atoms with Gasteiger partial charge in [0.1, 0.15) is 10.4 Å². The van der Waals surface area contributed by atoms with E-state index in [1.165, 1.54) is 157 Å². The minimum absolute atomic E-state index is 0.547. The van der Waals surface area contributed by atoms with Crippen LogP contribution in [-0.4, -0.2) is 47.0 Å².